The number of aromatic nitrogens is 4. The first kappa shape index (κ1) is 10.4. The SMILES string of the molecule is CN(Cc1nnn(C)n1)c1ccc(N)cc1. The molecule has 0 amide bonds. The van der Waals surface area contributed by atoms with Crippen LogP contribution in [-0.2, 0) is 13.6 Å². The van der Waals surface area contributed by atoms with E-state index in [1.54, 1.807) is 7.05 Å². The van der Waals surface area contributed by atoms with Crippen molar-refractivity contribution in [1.82, 2.24) is 20.2 Å². The smallest absolute Gasteiger partial charge is 0.193 e. The van der Waals surface area contributed by atoms with Crippen LogP contribution in [0.15, 0.2) is 24.3 Å². The van der Waals surface area contributed by atoms with Gasteiger partial charge in [0, 0.05) is 18.4 Å². The summed E-state index contributed by atoms with van der Waals surface area (Å²) >= 11 is 0. The molecule has 2 aromatic rings. The maximum atomic E-state index is 5.63. The lowest BCUT2D eigenvalue weighted by Crippen LogP contribution is -2.17. The van der Waals surface area contributed by atoms with Gasteiger partial charge in [0.1, 0.15) is 0 Å². The van der Waals surface area contributed by atoms with Crippen molar-refractivity contribution in [2.75, 3.05) is 17.7 Å². The topological polar surface area (TPSA) is 72.9 Å². The Kier molecular flexibility index (Phi) is 2.72. The molecule has 0 unspecified atom stereocenters. The molecule has 1 aromatic carbocycles. The van der Waals surface area contributed by atoms with Gasteiger partial charge >= 0.3 is 0 Å². The van der Waals surface area contributed by atoms with Crippen molar-refractivity contribution in [3.63, 3.8) is 0 Å². The molecule has 84 valence electrons. The van der Waals surface area contributed by atoms with Crippen LogP contribution in [0.3, 0.4) is 0 Å². The maximum absolute atomic E-state index is 5.63. The largest absolute Gasteiger partial charge is 0.399 e. The quantitative estimate of drug-likeness (QED) is 0.756. The lowest BCUT2D eigenvalue weighted by molar-refractivity contribution is 0.627. The van der Waals surface area contributed by atoms with Crippen molar-refractivity contribution in [3.8, 4) is 0 Å². The molecule has 0 saturated heterocycles. The first-order valence-corrected chi connectivity index (χ1v) is 4.95. The summed E-state index contributed by atoms with van der Waals surface area (Å²) in [6, 6.07) is 7.67. The number of nitrogens with two attached hydrogens (primary N) is 1. The summed E-state index contributed by atoms with van der Waals surface area (Å²) in [5.74, 6) is 0.696. The number of rotatable bonds is 3. The van der Waals surface area contributed by atoms with Gasteiger partial charge in [-0.25, -0.2) is 0 Å². The van der Waals surface area contributed by atoms with Gasteiger partial charge in [-0.2, -0.15) is 4.80 Å². The van der Waals surface area contributed by atoms with Crippen molar-refractivity contribution in [2.24, 2.45) is 7.05 Å². The highest BCUT2D eigenvalue weighted by molar-refractivity contribution is 5.52. The minimum atomic E-state index is 0.623. The molecule has 1 aromatic heterocycles. The third kappa shape index (κ3) is 2.28. The molecule has 2 N–H and O–H groups in total. The second-order valence-corrected chi connectivity index (χ2v) is 3.64. The van der Waals surface area contributed by atoms with Gasteiger partial charge < -0.3 is 10.6 Å². The van der Waals surface area contributed by atoms with Crippen LogP contribution < -0.4 is 10.6 Å². The van der Waals surface area contributed by atoms with E-state index in [9.17, 15) is 0 Å². The van der Waals surface area contributed by atoms with Crippen molar-refractivity contribution in [3.05, 3.63) is 30.1 Å². The Morgan fingerprint density at radius 1 is 1.31 bits per heavy atom. The van der Waals surface area contributed by atoms with Gasteiger partial charge in [0.2, 0.25) is 0 Å². The average Bonchev–Trinajstić information content (AvgIpc) is 2.65. The van der Waals surface area contributed by atoms with E-state index in [2.05, 4.69) is 15.4 Å². The van der Waals surface area contributed by atoms with E-state index in [-0.39, 0.29) is 0 Å². The Hall–Kier alpha value is -2.11. The molecule has 16 heavy (non-hydrogen) atoms. The van der Waals surface area contributed by atoms with Crippen molar-refractivity contribution >= 4 is 11.4 Å². The zero-order valence-corrected chi connectivity index (χ0v) is 9.33. The van der Waals surface area contributed by atoms with Crippen molar-refractivity contribution < 1.29 is 0 Å². The lowest BCUT2D eigenvalue weighted by Gasteiger charge is -2.16. The van der Waals surface area contributed by atoms with Gasteiger partial charge in [0.25, 0.3) is 0 Å². The molecule has 0 aliphatic heterocycles. The molecule has 0 aliphatic rings. The van der Waals surface area contributed by atoms with E-state index in [0.29, 0.717) is 12.4 Å². The molecule has 0 fully saturated rings. The number of anilines is 2. The molecular weight excluding hydrogens is 204 g/mol. The predicted octanol–water partition coefficient (Wildman–Crippen LogP) is 0.429. The van der Waals surface area contributed by atoms with E-state index < -0.39 is 0 Å². The minimum absolute atomic E-state index is 0.623. The van der Waals surface area contributed by atoms with Crippen molar-refractivity contribution in [2.45, 2.75) is 6.54 Å². The third-order valence-electron chi connectivity index (χ3n) is 2.26. The van der Waals surface area contributed by atoms with Crippen LogP contribution in [0.1, 0.15) is 5.82 Å². The summed E-state index contributed by atoms with van der Waals surface area (Å²) in [4.78, 5) is 3.49. The standard InChI is InChI=1S/C10H14N6/c1-15(7-10-12-14-16(2)13-10)9-5-3-8(11)4-6-9/h3-6H,7,11H2,1-2H3. The van der Waals surface area contributed by atoms with Crippen LogP contribution in [0.4, 0.5) is 11.4 Å². The zero-order chi connectivity index (χ0) is 11.5. The van der Waals surface area contributed by atoms with Gasteiger partial charge in [-0.05, 0) is 29.5 Å². The normalized spacial score (nSPS) is 10.4. The Bertz CT molecular complexity index is 460. The Balaban J connectivity index is 2.08. The molecule has 1 heterocycles. The van der Waals surface area contributed by atoms with E-state index in [1.807, 2.05) is 36.2 Å². The molecule has 0 atom stereocenters. The molecule has 2 rings (SSSR count). The van der Waals surface area contributed by atoms with Crippen molar-refractivity contribution in [1.29, 1.82) is 0 Å². The summed E-state index contributed by atoms with van der Waals surface area (Å²) in [5, 5.41) is 11.8. The Morgan fingerprint density at radius 2 is 2.00 bits per heavy atom. The molecule has 0 radical (unpaired) electrons. The van der Waals surface area contributed by atoms with Crippen LogP contribution in [0.5, 0.6) is 0 Å². The molecule has 6 nitrogen and oxygen atoms in total. The molecule has 0 aliphatic carbocycles. The van der Waals surface area contributed by atoms with Gasteiger partial charge in [0.15, 0.2) is 5.82 Å². The predicted molar refractivity (Wildman–Crippen MR) is 61.8 cm³/mol. The first-order valence-electron chi connectivity index (χ1n) is 4.95. The number of hydrogen-bond donors (Lipinski definition) is 1. The lowest BCUT2D eigenvalue weighted by atomic mass is 10.2. The molecule has 0 saturated carbocycles. The van der Waals surface area contributed by atoms with Crippen LogP contribution in [0, 0.1) is 0 Å². The fourth-order valence-electron chi connectivity index (χ4n) is 1.42. The number of hydrogen-bond acceptors (Lipinski definition) is 5. The van der Waals surface area contributed by atoms with E-state index in [1.165, 1.54) is 4.80 Å². The highest BCUT2D eigenvalue weighted by Gasteiger charge is 2.05. The fourth-order valence-corrected chi connectivity index (χ4v) is 1.42. The highest BCUT2D eigenvalue weighted by atomic mass is 15.6. The average molecular weight is 218 g/mol. The van der Waals surface area contributed by atoms with Gasteiger partial charge in [-0.1, -0.05) is 0 Å². The van der Waals surface area contributed by atoms with Gasteiger partial charge in [0.05, 0.1) is 13.6 Å². The fraction of sp³-hybridized carbons (Fsp3) is 0.300. The number of tetrazole rings is 1. The van der Waals surface area contributed by atoms with E-state index in [0.717, 1.165) is 11.4 Å². The van der Waals surface area contributed by atoms with E-state index in [4.69, 9.17) is 5.73 Å². The molecular formula is C10H14N6. The second kappa shape index (κ2) is 4.18. The van der Waals surface area contributed by atoms with E-state index >= 15 is 0 Å². The Morgan fingerprint density at radius 3 is 2.56 bits per heavy atom. The third-order valence-corrected chi connectivity index (χ3v) is 2.26. The summed E-state index contributed by atoms with van der Waals surface area (Å²) in [6.45, 7) is 0.623. The second-order valence-electron chi connectivity index (χ2n) is 3.64. The molecule has 0 spiro atoms. The summed E-state index contributed by atoms with van der Waals surface area (Å²) in [7, 11) is 3.72. The van der Waals surface area contributed by atoms with Crippen LogP contribution in [0.2, 0.25) is 0 Å². The van der Waals surface area contributed by atoms with Crippen LogP contribution in [0.25, 0.3) is 0 Å². The number of nitrogen functional groups attached to an aromatic ring is 1. The molecule has 6 heteroatoms. The minimum Gasteiger partial charge on any atom is -0.399 e. The molecule has 0 bridgehead atoms. The summed E-state index contributed by atoms with van der Waals surface area (Å²) < 4.78 is 0. The maximum Gasteiger partial charge on any atom is 0.193 e. The summed E-state index contributed by atoms with van der Waals surface area (Å²) in [6.07, 6.45) is 0. The van der Waals surface area contributed by atoms with Gasteiger partial charge in [-0.3, -0.25) is 0 Å². The number of aryl methyl sites for hydroxylation is 1. The number of benzene rings is 1. The van der Waals surface area contributed by atoms with Gasteiger partial charge in [-0.15, -0.1) is 10.2 Å². The Labute approximate surface area is 93.7 Å². The number of nitrogens with zero attached hydrogens (tertiary/aromatic N) is 5. The first-order chi connectivity index (χ1) is 7.65. The van der Waals surface area contributed by atoms with Crippen LogP contribution in [-0.4, -0.2) is 27.3 Å². The zero-order valence-electron chi connectivity index (χ0n) is 9.33. The monoisotopic (exact) mass is 218 g/mol. The highest BCUT2D eigenvalue weighted by Crippen LogP contribution is 2.15. The summed E-state index contributed by atoms with van der Waals surface area (Å²) in [5.41, 5.74) is 7.46. The van der Waals surface area contributed by atoms with Crippen LogP contribution >= 0.6 is 0 Å².